The molecular formula is C23H18Cl2N4O. The van der Waals surface area contributed by atoms with E-state index in [9.17, 15) is 10.1 Å². The average molecular weight is 437 g/mol. The normalized spacial score (nSPS) is 19.2. The van der Waals surface area contributed by atoms with Gasteiger partial charge in [-0.3, -0.25) is 4.79 Å². The van der Waals surface area contributed by atoms with Crippen LogP contribution < -0.4 is 5.56 Å². The Labute approximate surface area is 182 Å². The molecule has 0 atom stereocenters. The molecule has 1 N–H and O–H groups in total. The lowest BCUT2D eigenvalue weighted by Gasteiger charge is -2.28. The Kier molecular flexibility index (Phi) is 4.77. The molecular weight excluding hydrogens is 419 g/mol. The predicted octanol–water partition coefficient (Wildman–Crippen LogP) is 5.80. The topological polar surface area (TPSA) is 74.0 Å². The first-order chi connectivity index (χ1) is 14.5. The van der Waals surface area contributed by atoms with Crippen molar-refractivity contribution in [2.75, 3.05) is 0 Å². The van der Waals surface area contributed by atoms with Gasteiger partial charge in [0.05, 0.1) is 16.6 Å². The monoisotopic (exact) mass is 436 g/mol. The highest BCUT2D eigenvalue weighted by Crippen LogP contribution is 2.41. The molecule has 0 aliphatic heterocycles. The maximum absolute atomic E-state index is 13.0. The van der Waals surface area contributed by atoms with Crippen LogP contribution in [0.1, 0.15) is 54.3 Å². The van der Waals surface area contributed by atoms with Gasteiger partial charge in [0, 0.05) is 16.0 Å². The minimum Gasteiger partial charge on any atom is -0.338 e. The molecule has 0 amide bonds. The number of halogens is 2. The molecule has 1 fully saturated rings. The molecule has 4 aromatic rings. The molecule has 7 heteroatoms. The van der Waals surface area contributed by atoms with E-state index in [-0.39, 0.29) is 11.5 Å². The van der Waals surface area contributed by atoms with E-state index in [1.165, 1.54) is 10.1 Å². The molecule has 2 heterocycles. The highest BCUT2D eigenvalue weighted by Gasteiger charge is 2.29. The van der Waals surface area contributed by atoms with Crippen molar-refractivity contribution in [3.8, 4) is 6.07 Å². The van der Waals surface area contributed by atoms with E-state index in [2.05, 4.69) is 28.3 Å². The molecule has 0 unspecified atom stereocenters. The van der Waals surface area contributed by atoms with Crippen LogP contribution in [0.2, 0.25) is 10.0 Å². The third-order valence-electron chi connectivity index (χ3n) is 6.14. The summed E-state index contributed by atoms with van der Waals surface area (Å²) in [7, 11) is 0. The summed E-state index contributed by atoms with van der Waals surface area (Å²) in [5.41, 5.74) is 3.30. The van der Waals surface area contributed by atoms with E-state index < -0.39 is 0 Å². The molecule has 0 bridgehead atoms. The molecule has 30 heavy (non-hydrogen) atoms. The molecule has 150 valence electrons. The van der Waals surface area contributed by atoms with Gasteiger partial charge in [0.15, 0.2) is 5.65 Å². The zero-order valence-corrected chi connectivity index (χ0v) is 17.5. The van der Waals surface area contributed by atoms with E-state index in [4.69, 9.17) is 23.2 Å². The molecule has 2 aromatic heterocycles. The summed E-state index contributed by atoms with van der Waals surface area (Å²) in [6, 6.07) is 15.4. The van der Waals surface area contributed by atoms with Crippen LogP contribution in [0.5, 0.6) is 0 Å². The summed E-state index contributed by atoms with van der Waals surface area (Å²) in [5, 5.41) is 16.1. The predicted molar refractivity (Wildman–Crippen MR) is 118 cm³/mol. The molecule has 1 aliphatic rings. The van der Waals surface area contributed by atoms with Crippen molar-refractivity contribution < 1.29 is 0 Å². The average Bonchev–Trinajstić information content (AvgIpc) is 3.14. The van der Waals surface area contributed by atoms with Gasteiger partial charge in [-0.2, -0.15) is 14.9 Å². The largest absolute Gasteiger partial charge is 0.338 e. The number of nitrogens with one attached hydrogen (secondary N) is 1. The molecule has 0 spiro atoms. The van der Waals surface area contributed by atoms with Crippen LogP contribution in [0.4, 0.5) is 0 Å². The standard InChI is InChI=1S/C23H18Cl2N4O/c24-16-7-5-14(6-8-16)13-1-3-15(4-2-13)21-19(12-26)22-27-20-10-9-17(25)11-18(20)23(30)29(22)28-21/h5-11,13,15,27H,1-4H2. The molecule has 5 rings (SSSR count). The summed E-state index contributed by atoms with van der Waals surface area (Å²) in [4.78, 5) is 16.2. The second-order valence-corrected chi connectivity index (χ2v) is 8.73. The highest BCUT2D eigenvalue weighted by molar-refractivity contribution is 6.31. The SMILES string of the molecule is N#Cc1c(C2CCC(c3ccc(Cl)cc3)CC2)nn2c(=O)c3cc(Cl)ccc3[nH]c12. The van der Waals surface area contributed by atoms with Crippen molar-refractivity contribution in [1.82, 2.24) is 14.6 Å². The third-order valence-corrected chi connectivity index (χ3v) is 6.62. The van der Waals surface area contributed by atoms with Crippen molar-refractivity contribution >= 4 is 39.8 Å². The number of H-pyrrole nitrogens is 1. The lowest BCUT2D eigenvalue weighted by atomic mass is 9.77. The van der Waals surface area contributed by atoms with E-state index in [1.807, 2.05) is 12.1 Å². The molecule has 1 saturated carbocycles. The van der Waals surface area contributed by atoms with Crippen molar-refractivity contribution in [1.29, 1.82) is 5.26 Å². The zero-order chi connectivity index (χ0) is 20.8. The van der Waals surface area contributed by atoms with Crippen LogP contribution in [0.25, 0.3) is 16.6 Å². The van der Waals surface area contributed by atoms with E-state index >= 15 is 0 Å². The lowest BCUT2D eigenvalue weighted by Crippen LogP contribution is -2.16. The third kappa shape index (κ3) is 3.17. The Morgan fingerprint density at radius 1 is 1.00 bits per heavy atom. The zero-order valence-electron chi connectivity index (χ0n) is 16.0. The maximum atomic E-state index is 13.0. The summed E-state index contributed by atoms with van der Waals surface area (Å²) in [6.07, 6.45) is 3.87. The Hall–Kier alpha value is -2.81. The fourth-order valence-corrected chi connectivity index (χ4v) is 4.87. The van der Waals surface area contributed by atoms with Crippen LogP contribution >= 0.6 is 23.2 Å². The number of nitriles is 1. The van der Waals surface area contributed by atoms with Gasteiger partial charge >= 0.3 is 0 Å². The summed E-state index contributed by atoms with van der Waals surface area (Å²) >= 11 is 12.1. The van der Waals surface area contributed by atoms with Crippen molar-refractivity contribution in [3.63, 3.8) is 0 Å². The number of benzene rings is 2. The van der Waals surface area contributed by atoms with Crippen LogP contribution in [0, 0.1) is 11.3 Å². The molecule has 5 nitrogen and oxygen atoms in total. The van der Waals surface area contributed by atoms with Gasteiger partial charge in [0.1, 0.15) is 11.6 Å². The number of aromatic nitrogens is 3. The van der Waals surface area contributed by atoms with E-state index in [0.29, 0.717) is 38.7 Å². The fourth-order valence-electron chi connectivity index (χ4n) is 4.57. The summed E-state index contributed by atoms with van der Waals surface area (Å²) < 4.78 is 1.32. The number of nitrogens with zero attached hydrogens (tertiary/aromatic N) is 3. The Morgan fingerprint density at radius 3 is 2.37 bits per heavy atom. The number of hydrogen-bond acceptors (Lipinski definition) is 3. The van der Waals surface area contributed by atoms with Crippen LogP contribution in [0.15, 0.2) is 47.3 Å². The molecule has 1 aliphatic carbocycles. The summed E-state index contributed by atoms with van der Waals surface area (Å²) in [6.45, 7) is 0. The number of fused-ring (bicyclic) bond motifs is 2. The molecule has 0 saturated heterocycles. The molecule has 2 aromatic carbocycles. The second kappa shape index (κ2) is 7.46. The van der Waals surface area contributed by atoms with E-state index in [1.54, 1.807) is 18.2 Å². The maximum Gasteiger partial charge on any atom is 0.282 e. The van der Waals surface area contributed by atoms with Crippen molar-refractivity contribution in [2.24, 2.45) is 0 Å². The molecule has 0 radical (unpaired) electrons. The number of aromatic amines is 1. The Balaban J connectivity index is 1.51. The van der Waals surface area contributed by atoms with Gasteiger partial charge in [-0.25, -0.2) is 0 Å². The minimum absolute atomic E-state index is 0.155. The second-order valence-electron chi connectivity index (χ2n) is 7.85. The number of hydrogen-bond donors (Lipinski definition) is 1. The van der Waals surface area contributed by atoms with Crippen LogP contribution in [-0.2, 0) is 0 Å². The first-order valence-corrected chi connectivity index (χ1v) is 10.7. The van der Waals surface area contributed by atoms with Crippen molar-refractivity contribution in [2.45, 2.75) is 37.5 Å². The Morgan fingerprint density at radius 2 is 1.67 bits per heavy atom. The van der Waals surface area contributed by atoms with Gasteiger partial charge in [-0.15, -0.1) is 0 Å². The first-order valence-electron chi connectivity index (χ1n) is 9.95. The lowest BCUT2D eigenvalue weighted by molar-refractivity contribution is 0.390. The highest BCUT2D eigenvalue weighted by atomic mass is 35.5. The first kappa shape index (κ1) is 19.2. The fraction of sp³-hybridized carbons (Fsp3) is 0.261. The van der Waals surface area contributed by atoms with Gasteiger partial charge < -0.3 is 4.98 Å². The minimum atomic E-state index is -0.265. The van der Waals surface area contributed by atoms with Crippen molar-refractivity contribution in [3.05, 3.63) is 79.7 Å². The van der Waals surface area contributed by atoms with Gasteiger partial charge in [-0.1, -0.05) is 35.3 Å². The summed E-state index contributed by atoms with van der Waals surface area (Å²) in [5.74, 6) is 0.634. The van der Waals surface area contributed by atoms with Crippen LogP contribution in [0.3, 0.4) is 0 Å². The smallest absolute Gasteiger partial charge is 0.282 e. The Bertz CT molecular complexity index is 1360. The van der Waals surface area contributed by atoms with Gasteiger partial charge in [-0.05, 0) is 67.5 Å². The van der Waals surface area contributed by atoms with Crippen LogP contribution in [-0.4, -0.2) is 14.6 Å². The van der Waals surface area contributed by atoms with Gasteiger partial charge in [0.2, 0.25) is 0 Å². The van der Waals surface area contributed by atoms with E-state index in [0.717, 1.165) is 30.7 Å². The van der Waals surface area contributed by atoms with Gasteiger partial charge in [0.25, 0.3) is 5.56 Å². The quantitative estimate of drug-likeness (QED) is 0.431. The number of rotatable bonds is 2.